The van der Waals surface area contributed by atoms with E-state index in [4.69, 9.17) is 25.8 Å². The largest absolute Gasteiger partial charge is 0.494 e. The molecule has 1 aliphatic rings. The molecule has 0 aliphatic carbocycles. The number of hydrogen-bond donors (Lipinski definition) is 0. The van der Waals surface area contributed by atoms with Crippen LogP contribution in [0.1, 0.15) is 12.5 Å². The summed E-state index contributed by atoms with van der Waals surface area (Å²) in [5, 5.41) is 0. The Morgan fingerprint density at radius 2 is 1.88 bits per heavy atom. The van der Waals surface area contributed by atoms with Crippen LogP contribution in [0, 0.1) is 0 Å². The van der Waals surface area contributed by atoms with Gasteiger partial charge in [-0.15, -0.1) is 11.6 Å². The van der Waals surface area contributed by atoms with E-state index in [9.17, 15) is 0 Å². The first-order valence-corrected chi connectivity index (χ1v) is 5.91. The summed E-state index contributed by atoms with van der Waals surface area (Å²) in [6.07, 6.45) is 0. The Kier molecular flexibility index (Phi) is 3.69. The lowest BCUT2D eigenvalue weighted by Crippen LogP contribution is -2.29. The Morgan fingerprint density at radius 3 is 2.38 bits per heavy atom. The van der Waals surface area contributed by atoms with Crippen LogP contribution < -0.4 is 4.74 Å². The Bertz CT molecular complexity index is 331. The van der Waals surface area contributed by atoms with Crippen LogP contribution in [0.25, 0.3) is 0 Å². The van der Waals surface area contributed by atoms with Crippen LogP contribution in [-0.4, -0.2) is 25.7 Å². The third-order valence-corrected chi connectivity index (χ3v) is 2.89. The van der Waals surface area contributed by atoms with Crippen molar-refractivity contribution in [1.29, 1.82) is 0 Å². The number of rotatable bonds is 4. The quantitative estimate of drug-likeness (QED) is 0.760. The Balaban J connectivity index is 2.19. The molecule has 3 nitrogen and oxygen atoms in total. The third-order valence-electron chi connectivity index (χ3n) is 2.53. The van der Waals surface area contributed by atoms with Gasteiger partial charge in [0.1, 0.15) is 5.75 Å². The Morgan fingerprint density at radius 1 is 1.25 bits per heavy atom. The van der Waals surface area contributed by atoms with Gasteiger partial charge >= 0.3 is 0 Å². The number of benzene rings is 1. The molecule has 1 heterocycles. The summed E-state index contributed by atoms with van der Waals surface area (Å²) >= 11 is 5.92. The zero-order chi connectivity index (χ0) is 11.4. The van der Waals surface area contributed by atoms with Crippen molar-refractivity contribution in [3.63, 3.8) is 0 Å². The smallest absolute Gasteiger partial charge is 0.208 e. The van der Waals surface area contributed by atoms with Crippen molar-refractivity contribution in [2.45, 2.75) is 12.7 Å². The molecule has 0 spiro atoms. The zero-order valence-corrected chi connectivity index (χ0v) is 10.00. The molecule has 2 rings (SSSR count). The van der Waals surface area contributed by atoms with Crippen LogP contribution in [0.4, 0.5) is 0 Å². The van der Waals surface area contributed by atoms with Crippen molar-refractivity contribution < 1.29 is 14.2 Å². The van der Waals surface area contributed by atoms with Gasteiger partial charge in [-0.1, -0.05) is 0 Å². The highest BCUT2D eigenvalue weighted by molar-refractivity contribution is 6.18. The second kappa shape index (κ2) is 5.04. The minimum absolute atomic E-state index is 0.293. The molecule has 1 aromatic carbocycles. The lowest BCUT2D eigenvalue weighted by Gasteiger charge is -2.25. The van der Waals surface area contributed by atoms with Crippen LogP contribution in [0.2, 0.25) is 0 Å². The van der Waals surface area contributed by atoms with Gasteiger partial charge in [-0.25, -0.2) is 0 Å². The standard InChI is InChI=1S/C12H15ClO3/c1-2-14-11-5-3-10(4-6-11)12(9-13)15-7-8-16-12/h3-6H,2,7-9H2,1H3. The normalized spacial score (nSPS) is 18.6. The van der Waals surface area contributed by atoms with Gasteiger partial charge in [0.25, 0.3) is 0 Å². The Hall–Kier alpha value is -0.770. The van der Waals surface area contributed by atoms with Crippen LogP contribution in [-0.2, 0) is 15.3 Å². The van der Waals surface area contributed by atoms with Crippen molar-refractivity contribution in [3.8, 4) is 5.75 Å². The predicted molar refractivity (Wildman–Crippen MR) is 61.9 cm³/mol. The minimum Gasteiger partial charge on any atom is -0.494 e. The lowest BCUT2D eigenvalue weighted by molar-refractivity contribution is -0.146. The van der Waals surface area contributed by atoms with Gasteiger partial charge in [-0.05, 0) is 31.2 Å². The van der Waals surface area contributed by atoms with Crippen LogP contribution in [0.15, 0.2) is 24.3 Å². The molecule has 0 saturated carbocycles. The van der Waals surface area contributed by atoms with E-state index in [0.717, 1.165) is 11.3 Å². The molecule has 0 bridgehead atoms. The molecule has 4 heteroatoms. The first-order chi connectivity index (χ1) is 7.80. The highest BCUT2D eigenvalue weighted by Gasteiger charge is 2.37. The summed E-state index contributed by atoms with van der Waals surface area (Å²) < 4.78 is 16.5. The van der Waals surface area contributed by atoms with Crippen molar-refractivity contribution in [2.75, 3.05) is 25.7 Å². The van der Waals surface area contributed by atoms with E-state index in [1.165, 1.54) is 0 Å². The van der Waals surface area contributed by atoms with Gasteiger partial charge in [0.15, 0.2) is 0 Å². The van der Waals surface area contributed by atoms with E-state index in [0.29, 0.717) is 25.7 Å². The molecular formula is C12H15ClO3. The highest BCUT2D eigenvalue weighted by Crippen LogP contribution is 2.33. The second-order valence-electron chi connectivity index (χ2n) is 3.54. The molecule has 0 amide bonds. The molecule has 1 aromatic rings. The fraction of sp³-hybridized carbons (Fsp3) is 0.500. The van der Waals surface area contributed by atoms with E-state index in [1.54, 1.807) is 0 Å². The lowest BCUT2D eigenvalue weighted by atomic mass is 10.1. The maximum Gasteiger partial charge on any atom is 0.208 e. The molecule has 16 heavy (non-hydrogen) atoms. The first-order valence-electron chi connectivity index (χ1n) is 5.38. The van der Waals surface area contributed by atoms with Crippen molar-refractivity contribution in [1.82, 2.24) is 0 Å². The Labute approximate surface area is 100 Å². The molecule has 0 N–H and O–H groups in total. The van der Waals surface area contributed by atoms with Crippen molar-refractivity contribution >= 4 is 11.6 Å². The number of hydrogen-bond acceptors (Lipinski definition) is 3. The number of halogens is 1. The van der Waals surface area contributed by atoms with Crippen molar-refractivity contribution in [3.05, 3.63) is 29.8 Å². The summed E-state index contributed by atoms with van der Waals surface area (Å²) in [5.41, 5.74) is 0.934. The number of alkyl halides is 1. The average Bonchev–Trinajstić information content (AvgIpc) is 2.80. The predicted octanol–water partition coefficient (Wildman–Crippen LogP) is 2.52. The molecule has 1 saturated heterocycles. The fourth-order valence-corrected chi connectivity index (χ4v) is 2.06. The summed E-state index contributed by atoms with van der Waals surface area (Å²) in [4.78, 5) is 0. The summed E-state index contributed by atoms with van der Waals surface area (Å²) in [6, 6.07) is 7.66. The highest BCUT2D eigenvalue weighted by atomic mass is 35.5. The van der Waals surface area contributed by atoms with E-state index >= 15 is 0 Å². The summed E-state index contributed by atoms with van der Waals surface area (Å²) in [6.45, 7) is 3.78. The van der Waals surface area contributed by atoms with Crippen molar-refractivity contribution in [2.24, 2.45) is 0 Å². The first kappa shape index (κ1) is 11.7. The molecule has 0 unspecified atom stereocenters. The SMILES string of the molecule is CCOc1ccc(C2(CCl)OCCO2)cc1. The van der Waals surface area contributed by atoms with Gasteiger partial charge in [-0.3, -0.25) is 0 Å². The van der Waals surface area contributed by atoms with Gasteiger partial charge in [-0.2, -0.15) is 0 Å². The maximum absolute atomic E-state index is 5.92. The van der Waals surface area contributed by atoms with E-state index in [-0.39, 0.29) is 0 Å². The third kappa shape index (κ3) is 2.17. The van der Waals surface area contributed by atoms with E-state index in [2.05, 4.69) is 0 Å². The van der Waals surface area contributed by atoms with Gasteiger partial charge in [0.05, 0.1) is 25.7 Å². The minimum atomic E-state index is -0.772. The van der Waals surface area contributed by atoms with E-state index in [1.807, 2.05) is 31.2 Å². The topological polar surface area (TPSA) is 27.7 Å². The zero-order valence-electron chi connectivity index (χ0n) is 9.24. The molecule has 88 valence electrons. The molecule has 1 aliphatic heterocycles. The molecule has 0 radical (unpaired) electrons. The van der Waals surface area contributed by atoms with Crippen LogP contribution in [0.5, 0.6) is 5.75 Å². The second-order valence-corrected chi connectivity index (χ2v) is 3.81. The van der Waals surface area contributed by atoms with E-state index < -0.39 is 5.79 Å². The maximum atomic E-state index is 5.92. The molecule has 0 atom stereocenters. The van der Waals surface area contributed by atoms with Crippen LogP contribution >= 0.6 is 11.6 Å². The summed E-state index contributed by atoms with van der Waals surface area (Å²) in [5.74, 6) is 0.363. The average molecular weight is 243 g/mol. The van der Waals surface area contributed by atoms with Gasteiger partial charge in [0, 0.05) is 5.56 Å². The number of ether oxygens (including phenoxy) is 3. The summed E-state index contributed by atoms with van der Waals surface area (Å²) in [7, 11) is 0. The van der Waals surface area contributed by atoms with Crippen LogP contribution in [0.3, 0.4) is 0 Å². The van der Waals surface area contributed by atoms with Gasteiger partial charge in [0.2, 0.25) is 5.79 Å². The molecular weight excluding hydrogens is 228 g/mol. The fourth-order valence-electron chi connectivity index (χ4n) is 1.75. The van der Waals surface area contributed by atoms with Gasteiger partial charge < -0.3 is 14.2 Å². The molecule has 0 aromatic heterocycles. The molecule has 1 fully saturated rings. The monoisotopic (exact) mass is 242 g/mol.